The third kappa shape index (κ3) is 8.14. The number of urea groups is 1. The fourth-order valence-corrected chi connectivity index (χ4v) is 4.23. The zero-order valence-corrected chi connectivity index (χ0v) is 21.7. The number of anilines is 3. The first kappa shape index (κ1) is 26.8. The Hall–Kier alpha value is -4.24. The van der Waals surface area contributed by atoms with E-state index in [0.717, 1.165) is 43.1 Å². The van der Waals surface area contributed by atoms with Crippen molar-refractivity contribution in [2.24, 2.45) is 0 Å². The topological polar surface area (TPSA) is 95.2 Å². The van der Waals surface area contributed by atoms with Crippen LogP contribution >= 0.6 is 0 Å². The molecule has 1 aliphatic rings. The Morgan fingerprint density at radius 2 is 1.63 bits per heavy atom. The molecule has 0 bridgehead atoms. The fourth-order valence-electron chi connectivity index (χ4n) is 4.23. The Morgan fingerprint density at radius 1 is 0.868 bits per heavy atom. The molecule has 200 valence electrons. The number of amides is 3. The van der Waals surface area contributed by atoms with Crippen LogP contribution in [0.4, 0.5) is 26.7 Å². The Kier molecular flexibility index (Phi) is 9.81. The minimum atomic E-state index is -0.493. The maximum atomic E-state index is 12.3. The third-order valence-corrected chi connectivity index (χ3v) is 6.20. The highest BCUT2D eigenvalue weighted by Gasteiger charge is 2.18. The Bertz CT molecular complexity index is 1180. The molecule has 3 amide bonds. The molecule has 0 saturated carbocycles. The van der Waals surface area contributed by atoms with E-state index in [1.165, 1.54) is 0 Å². The smallest absolute Gasteiger partial charge is 0.411 e. The highest BCUT2D eigenvalue weighted by atomic mass is 16.5. The van der Waals surface area contributed by atoms with Crippen molar-refractivity contribution in [3.63, 3.8) is 0 Å². The monoisotopic (exact) mass is 517 g/mol. The predicted molar refractivity (Wildman–Crippen MR) is 150 cm³/mol. The molecule has 1 fully saturated rings. The molecule has 0 atom stereocenters. The van der Waals surface area contributed by atoms with Crippen molar-refractivity contribution < 1.29 is 19.1 Å². The summed E-state index contributed by atoms with van der Waals surface area (Å²) in [6, 6.07) is 24.7. The van der Waals surface area contributed by atoms with Gasteiger partial charge < -0.3 is 25.0 Å². The molecule has 0 spiro atoms. The van der Waals surface area contributed by atoms with Crippen LogP contribution in [0.3, 0.4) is 0 Å². The molecular weight excluding hydrogens is 482 g/mol. The maximum absolute atomic E-state index is 12.3. The van der Waals surface area contributed by atoms with Crippen LogP contribution in [0.1, 0.15) is 12.5 Å². The first-order valence-corrected chi connectivity index (χ1v) is 12.9. The molecule has 4 rings (SSSR count). The standard InChI is InChI=1S/C29H35N5O4/c1-2-37-27-14-7-6-13-26(27)32-29(36)38-20-19-33-15-17-34(18-16-33)25-12-8-11-24(21-25)31-28(35)30-22-23-9-4-3-5-10-23/h3-14,21H,2,15-20,22H2,1H3,(H,32,36)(H2,30,31,35). The van der Waals surface area contributed by atoms with Gasteiger partial charge in [-0.25, -0.2) is 9.59 Å². The molecule has 1 aliphatic heterocycles. The highest BCUT2D eigenvalue weighted by molar-refractivity contribution is 5.89. The van der Waals surface area contributed by atoms with E-state index in [0.29, 0.717) is 37.7 Å². The quantitative estimate of drug-likeness (QED) is 0.358. The van der Waals surface area contributed by atoms with Crippen molar-refractivity contribution in [2.45, 2.75) is 13.5 Å². The van der Waals surface area contributed by atoms with Gasteiger partial charge in [0.1, 0.15) is 12.4 Å². The van der Waals surface area contributed by atoms with E-state index in [9.17, 15) is 9.59 Å². The van der Waals surface area contributed by atoms with Crippen LogP contribution in [0, 0.1) is 0 Å². The number of carbonyl (C=O) groups excluding carboxylic acids is 2. The van der Waals surface area contributed by atoms with Crippen molar-refractivity contribution >= 4 is 29.2 Å². The number of benzene rings is 3. The van der Waals surface area contributed by atoms with Crippen LogP contribution in [-0.4, -0.2) is 63.0 Å². The molecule has 3 N–H and O–H groups in total. The Balaban J connectivity index is 1.17. The van der Waals surface area contributed by atoms with Gasteiger partial charge in [0.05, 0.1) is 12.3 Å². The van der Waals surface area contributed by atoms with Crippen molar-refractivity contribution in [1.29, 1.82) is 0 Å². The van der Waals surface area contributed by atoms with Crippen LogP contribution in [0.25, 0.3) is 0 Å². The van der Waals surface area contributed by atoms with Crippen molar-refractivity contribution in [3.05, 3.63) is 84.4 Å². The normalized spacial score (nSPS) is 13.4. The van der Waals surface area contributed by atoms with Gasteiger partial charge >= 0.3 is 12.1 Å². The summed E-state index contributed by atoms with van der Waals surface area (Å²) in [6.07, 6.45) is -0.493. The third-order valence-electron chi connectivity index (χ3n) is 6.20. The molecule has 9 nitrogen and oxygen atoms in total. The summed E-state index contributed by atoms with van der Waals surface area (Å²) in [5, 5.41) is 8.55. The maximum Gasteiger partial charge on any atom is 0.411 e. The summed E-state index contributed by atoms with van der Waals surface area (Å²) in [4.78, 5) is 29.1. The van der Waals surface area contributed by atoms with Gasteiger partial charge in [-0.05, 0) is 42.8 Å². The lowest BCUT2D eigenvalue weighted by Crippen LogP contribution is -2.47. The average Bonchev–Trinajstić information content (AvgIpc) is 2.94. The number of piperazine rings is 1. The number of para-hydroxylation sites is 2. The number of hydrogen-bond donors (Lipinski definition) is 3. The van der Waals surface area contributed by atoms with Crippen molar-refractivity contribution in [1.82, 2.24) is 10.2 Å². The van der Waals surface area contributed by atoms with E-state index in [1.807, 2.05) is 73.7 Å². The number of hydrogen-bond acceptors (Lipinski definition) is 6. The largest absolute Gasteiger partial charge is 0.492 e. The number of nitrogens with one attached hydrogen (secondary N) is 3. The van der Waals surface area contributed by atoms with Crippen LogP contribution in [0.5, 0.6) is 5.75 Å². The summed E-state index contributed by atoms with van der Waals surface area (Å²) < 4.78 is 10.9. The SMILES string of the molecule is CCOc1ccccc1NC(=O)OCCN1CCN(c2cccc(NC(=O)NCc3ccccc3)c2)CC1. The molecule has 3 aromatic carbocycles. The second kappa shape index (κ2) is 13.9. The molecular formula is C29H35N5O4. The number of rotatable bonds is 10. The summed E-state index contributed by atoms with van der Waals surface area (Å²) in [5.74, 6) is 0.621. The van der Waals surface area contributed by atoms with Crippen LogP contribution in [0.2, 0.25) is 0 Å². The zero-order valence-electron chi connectivity index (χ0n) is 21.7. The highest BCUT2D eigenvalue weighted by Crippen LogP contribution is 2.24. The first-order chi connectivity index (χ1) is 18.6. The molecule has 3 aromatic rings. The molecule has 0 aromatic heterocycles. The predicted octanol–water partition coefficient (Wildman–Crippen LogP) is 4.78. The van der Waals surface area contributed by atoms with Crippen molar-refractivity contribution in [3.8, 4) is 5.75 Å². The van der Waals surface area contributed by atoms with Gasteiger partial charge in [0, 0.05) is 50.6 Å². The first-order valence-electron chi connectivity index (χ1n) is 12.9. The van der Waals surface area contributed by atoms with E-state index >= 15 is 0 Å². The Morgan fingerprint density at radius 3 is 2.42 bits per heavy atom. The van der Waals surface area contributed by atoms with Gasteiger partial charge in [0.15, 0.2) is 0 Å². The van der Waals surface area contributed by atoms with Crippen LogP contribution in [0.15, 0.2) is 78.9 Å². The minimum Gasteiger partial charge on any atom is -0.492 e. The summed E-state index contributed by atoms with van der Waals surface area (Å²) in [6.45, 7) is 7.26. The lowest BCUT2D eigenvalue weighted by Gasteiger charge is -2.36. The number of nitrogens with zero attached hydrogens (tertiary/aromatic N) is 2. The summed E-state index contributed by atoms with van der Waals surface area (Å²) in [7, 11) is 0. The van der Waals surface area contributed by atoms with Gasteiger partial charge in [-0.15, -0.1) is 0 Å². The molecule has 0 radical (unpaired) electrons. The molecule has 1 heterocycles. The minimum absolute atomic E-state index is 0.235. The lowest BCUT2D eigenvalue weighted by molar-refractivity contribution is 0.137. The van der Waals surface area contributed by atoms with Crippen molar-refractivity contribution in [2.75, 3.05) is 61.5 Å². The second-order valence-corrected chi connectivity index (χ2v) is 8.86. The molecule has 0 aliphatic carbocycles. The number of carbonyl (C=O) groups is 2. The lowest BCUT2D eigenvalue weighted by atomic mass is 10.2. The van der Waals surface area contributed by atoms with Crippen LogP contribution in [-0.2, 0) is 11.3 Å². The van der Waals surface area contributed by atoms with E-state index < -0.39 is 6.09 Å². The fraction of sp³-hybridized carbons (Fsp3) is 0.310. The molecule has 0 unspecified atom stereocenters. The molecule has 1 saturated heterocycles. The van der Waals surface area contributed by atoms with E-state index in [4.69, 9.17) is 9.47 Å². The Labute approximate surface area is 223 Å². The summed E-state index contributed by atoms with van der Waals surface area (Å²) >= 11 is 0. The van der Waals surface area contributed by atoms with E-state index in [1.54, 1.807) is 6.07 Å². The van der Waals surface area contributed by atoms with Gasteiger partial charge in [0.2, 0.25) is 0 Å². The van der Waals surface area contributed by atoms with Gasteiger partial charge in [0.25, 0.3) is 0 Å². The summed E-state index contributed by atoms with van der Waals surface area (Å²) in [5.41, 5.74) is 3.46. The van der Waals surface area contributed by atoms with Gasteiger partial charge in [-0.1, -0.05) is 48.5 Å². The van der Waals surface area contributed by atoms with Gasteiger partial charge in [-0.3, -0.25) is 10.2 Å². The van der Waals surface area contributed by atoms with E-state index in [-0.39, 0.29) is 6.03 Å². The zero-order chi connectivity index (χ0) is 26.6. The number of ether oxygens (including phenoxy) is 2. The van der Waals surface area contributed by atoms with Gasteiger partial charge in [-0.2, -0.15) is 0 Å². The average molecular weight is 518 g/mol. The van der Waals surface area contributed by atoms with E-state index in [2.05, 4.69) is 31.8 Å². The molecule has 38 heavy (non-hydrogen) atoms. The second-order valence-electron chi connectivity index (χ2n) is 8.86. The van der Waals surface area contributed by atoms with Crippen LogP contribution < -0.4 is 25.6 Å². The molecule has 9 heteroatoms.